The van der Waals surface area contributed by atoms with Crippen LogP contribution in [0.3, 0.4) is 0 Å². The fourth-order valence-corrected chi connectivity index (χ4v) is 8.37. The molecule has 0 bridgehead atoms. The van der Waals surface area contributed by atoms with Crippen LogP contribution in [0.15, 0.2) is 94.8 Å². The van der Waals surface area contributed by atoms with Crippen molar-refractivity contribution in [3.05, 3.63) is 117 Å². The quantitative estimate of drug-likeness (QED) is 0.0583. The number of allylic oxidation sites excluding steroid dienone is 7. The van der Waals surface area contributed by atoms with Crippen LogP contribution >= 0.6 is 0 Å². The van der Waals surface area contributed by atoms with E-state index in [-0.39, 0.29) is 5.92 Å². The zero-order valence-electron chi connectivity index (χ0n) is 69.1. The van der Waals surface area contributed by atoms with E-state index in [1.54, 1.807) is 0 Å². The van der Waals surface area contributed by atoms with Gasteiger partial charge in [-0.2, -0.15) is 5.26 Å². The number of likely N-dealkylation sites (N-methyl/N-ethyl adjacent to an activating group) is 2. The second kappa shape index (κ2) is 49.8. The summed E-state index contributed by atoms with van der Waals surface area (Å²) >= 11 is 0. The number of nitrogens with zero attached hydrogens (tertiary/aromatic N) is 10. The highest BCUT2D eigenvalue weighted by atomic mass is 15.2. The van der Waals surface area contributed by atoms with Crippen molar-refractivity contribution in [1.29, 1.82) is 5.26 Å². The standard InChI is InChI=1S/C11H19N.C11H17N.C11H21N.C10H21N.C9H16N2.C9H15N.2C8H17N.C6H11N/c2*1-7(2)12-10(5)8(3)9(4)11(12)6;1-8(2)10(5)11(6)12(7)9(3)4;1-8(2)10(5)7-11(6)9(3)4;1-7(2)11(5)9(4)8(3)6-10;1-6-7-9(4)10(5)8(2)3;1-6(2)9(4)8-5-7(8)3;1-6-8(4)9(5)7(2)3;1-5-7(4)6(2)3/h7,11H,5H2,1-4,6H3;7H,5-6H2,1-4H3;9H,6H2,1-5,7H3;9H,7H2,1-6H3;7-8H,4H2,1-3,5H3;8H,4H2,1-3,5H3;6-8H,5H2,1-4H3;7H,4,6H2,1-3,5H3;1,6H,2-4H3. The maximum Gasteiger partial charge on any atom is 0.0827 e. The van der Waals surface area contributed by atoms with Crippen molar-refractivity contribution in [2.24, 2.45) is 11.8 Å². The van der Waals surface area contributed by atoms with Gasteiger partial charge in [-0.15, -0.1) is 0 Å². The Hall–Kier alpha value is -5.73. The summed E-state index contributed by atoms with van der Waals surface area (Å²) in [4.78, 5) is 17.5. The molecule has 93 heavy (non-hydrogen) atoms. The summed E-state index contributed by atoms with van der Waals surface area (Å²) in [5.41, 5.74) is 16.3. The van der Waals surface area contributed by atoms with Crippen molar-refractivity contribution in [1.82, 2.24) is 43.8 Å². The molecule has 4 unspecified atom stereocenters. The minimum absolute atomic E-state index is 0.0811. The van der Waals surface area contributed by atoms with Gasteiger partial charge in [0.2, 0.25) is 0 Å². The number of aromatic nitrogens is 1. The Morgan fingerprint density at radius 2 is 1.00 bits per heavy atom. The van der Waals surface area contributed by atoms with E-state index in [1.807, 2.05) is 44.8 Å². The van der Waals surface area contributed by atoms with Gasteiger partial charge >= 0.3 is 0 Å². The first-order chi connectivity index (χ1) is 42.2. The van der Waals surface area contributed by atoms with Gasteiger partial charge < -0.3 is 43.8 Å². The molecule has 10 nitrogen and oxygen atoms in total. The Bertz CT molecular complexity index is 2680. The molecule has 1 saturated carbocycles. The van der Waals surface area contributed by atoms with Crippen LogP contribution in [0.5, 0.6) is 0 Å². The number of rotatable bonds is 19. The van der Waals surface area contributed by atoms with Crippen molar-refractivity contribution in [3.8, 4) is 30.4 Å². The van der Waals surface area contributed by atoms with E-state index in [2.05, 4.69) is 347 Å². The first-order valence-electron chi connectivity index (χ1n) is 34.6. The third-order valence-electron chi connectivity index (χ3n) is 18.5. The van der Waals surface area contributed by atoms with Crippen molar-refractivity contribution in [2.75, 3.05) is 55.9 Å². The van der Waals surface area contributed by atoms with Gasteiger partial charge in [-0.1, -0.05) is 94.9 Å². The molecule has 0 spiro atoms. The fraction of sp³-hybridized carbons (Fsp3) is 0.675. The van der Waals surface area contributed by atoms with Crippen molar-refractivity contribution in [2.45, 2.75) is 308 Å². The maximum absolute atomic E-state index is 8.60. The maximum atomic E-state index is 8.60. The second-order valence-electron chi connectivity index (χ2n) is 28.7. The summed E-state index contributed by atoms with van der Waals surface area (Å²) in [6.45, 7) is 99.7. The van der Waals surface area contributed by atoms with Gasteiger partial charge in [0.15, 0.2) is 0 Å². The van der Waals surface area contributed by atoms with Crippen LogP contribution in [-0.2, 0) is 0 Å². The first-order valence-corrected chi connectivity index (χ1v) is 34.6. The van der Waals surface area contributed by atoms with Crippen molar-refractivity contribution < 1.29 is 0 Å². The number of terminal acetylenes is 1. The molecule has 1 aromatic heterocycles. The molecule has 0 amide bonds. The molecule has 2 aliphatic rings. The molecule has 1 aliphatic carbocycles. The molecule has 0 N–H and O–H groups in total. The summed E-state index contributed by atoms with van der Waals surface area (Å²) in [5.74, 6) is 6.59. The molecule has 0 aromatic carbocycles. The Kier molecular flexibility index (Phi) is 52.6. The van der Waals surface area contributed by atoms with E-state index in [9.17, 15) is 0 Å². The number of hydrogen-bond acceptors (Lipinski definition) is 9. The third-order valence-corrected chi connectivity index (χ3v) is 18.5. The molecule has 1 aromatic rings. The summed E-state index contributed by atoms with van der Waals surface area (Å²) in [7, 11) is 14.4. The molecular formula is C83H154N10. The molecule has 0 radical (unpaired) electrons. The van der Waals surface area contributed by atoms with Crippen LogP contribution in [0.25, 0.3) is 13.2 Å². The molecule has 1 aliphatic heterocycles. The van der Waals surface area contributed by atoms with Gasteiger partial charge in [0.25, 0.3) is 0 Å². The van der Waals surface area contributed by atoms with E-state index in [1.165, 1.54) is 62.4 Å². The molecule has 3 rings (SSSR count). The largest absolute Gasteiger partial charge is 0.376 e. The monoisotopic (exact) mass is 1290 g/mol. The smallest absolute Gasteiger partial charge is 0.0827 e. The molecular weight excluding hydrogens is 1140 g/mol. The van der Waals surface area contributed by atoms with Crippen LogP contribution < -0.4 is 10.7 Å². The highest BCUT2D eigenvalue weighted by molar-refractivity contribution is 5.40. The third kappa shape index (κ3) is 39.0. The SMILES string of the molecule is C#CN(C)C(C)C.C=C(C#CC)N(C)C(C)C.C=C(C(C)=C(C)C)N(C)C(C)C.C=C(C(C)C#N)N(C)C(C)C.C=C(CC)N(C)C(C)C.C=C1C(C)=C(C)C(C)N1C(C)C.C=c1c(C)c(C)c(=C)n1C(C)C.CC(C)=C(C)CN(C)C(C)C.CC1CC1N(C)C(C)C. The lowest BCUT2D eigenvalue weighted by Crippen LogP contribution is -2.33. The van der Waals surface area contributed by atoms with Gasteiger partial charge in [0.05, 0.1) is 17.7 Å². The van der Waals surface area contributed by atoms with Crippen LogP contribution in [0.2, 0.25) is 0 Å². The van der Waals surface area contributed by atoms with E-state index in [0.29, 0.717) is 54.4 Å². The predicted octanol–water partition coefficient (Wildman–Crippen LogP) is 19.1. The molecule has 1 fully saturated rings. The van der Waals surface area contributed by atoms with Crippen LogP contribution in [-0.4, -0.2) is 160 Å². The minimum Gasteiger partial charge on any atom is -0.376 e. The predicted molar refractivity (Wildman–Crippen MR) is 423 cm³/mol. The highest BCUT2D eigenvalue weighted by Crippen LogP contribution is 2.35. The van der Waals surface area contributed by atoms with E-state index >= 15 is 0 Å². The molecule has 4 atom stereocenters. The first kappa shape index (κ1) is 98.3. The van der Waals surface area contributed by atoms with E-state index in [0.717, 1.165) is 58.8 Å². The summed E-state index contributed by atoms with van der Waals surface area (Å²) in [6.07, 6.45) is 7.51. The Morgan fingerprint density at radius 3 is 1.19 bits per heavy atom. The Labute approximate surface area is 581 Å². The number of nitriles is 1. The van der Waals surface area contributed by atoms with E-state index < -0.39 is 0 Å². The Balaban J connectivity index is -0.000000230. The van der Waals surface area contributed by atoms with Crippen LogP contribution in [0.1, 0.15) is 245 Å². The minimum atomic E-state index is -0.0811. The lowest BCUT2D eigenvalue weighted by atomic mass is 10.1. The van der Waals surface area contributed by atoms with Gasteiger partial charge in [-0.3, -0.25) is 0 Å². The topological polar surface area (TPSA) is 54.6 Å². The van der Waals surface area contributed by atoms with Gasteiger partial charge in [-0.25, -0.2) is 0 Å². The van der Waals surface area contributed by atoms with E-state index in [4.69, 9.17) is 11.7 Å². The second-order valence-corrected chi connectivity index (χ2v) is 28.7. The lowest BCUT2D eigenvalue weighted by molar-refractivity contribution is 0.254. The zero-order chi connectivity index (χ0) is 75.3. The summed E-state index contributed by atoms with van der Waals surface area (Å²) in [6, 6.07) is 10.9. The van der Waals surface area contributed by atoms with Crippen LogP contribution in [0.4, 0.5) is 0 Å². The molecule has 10 heteroatoms. The zero-order valence-corrected chi connectivity index (χ0v) is 69.1. The van der Waals surface area contributed by atoms with Gasteiger partial charge in [0.1, 0.15) is 0 Å². The van der Waals surface area contributed by atoms with Gasteiger partial charge in [0, 0.05) is 148 Å². The molecule has 536 valence electrons. The summed E-state index contributed by atoms with van der Waals surface area (Å²) < 4.78 is 2.19. The normalized spacial score (nSPS) is 14.4. The Morgan fingerprint density at radius 1 is 0.591 bits per heavy atom. The van der Waals surface area contributed by atoms with Crippen molar-refractivity contribution in [3.63, 3.8) is 0 Å². The van der Waals surface area contributed by atoms with Crippen molar-refractivity contribution >= 4 is 13.2 Å². The summed E-state index contributed by atoms with van der Waals surface area (Å²) in [5, 5.41) is 10.8. The molecule has 0 saturated heterocycles. The highest BCUT2D eigenvalue weighted by Gasteiger charge is 2.36. The average molecular weight is 1290 g/mol. The fourth-order valence-electron chi connectivity index (χ4n) is 8.37. The average Bonchev–Trinajstić information content (AvgIpc) is 1.69. The molecule has 2 heterocycles. The van der Waals surface area contributed by atoms with Gasteiger partial charge in [-0.05, 0) is 275 Å². The van der Waals surface area contributed by atoms with Crippen LogP contribution in [0, 0.1) is 61.3 Å². The number of hydrogen-bond donors (Lipinski definition) is 0. The lowest BCUT2D eigenvalue weighted by Gasteiger charge is -2.30.